The highest BCUT2D eigenvalue weighted by molar-refractivity contribution is 5.97. The average molecular weight is 840 g/mol. The Morgan fingerprint density at radius 2 is 0.576 bits per heavy atom. The molecule has 0 saturated heterocycles. The minimum atomic E-state index is -0.506. The zero-order chi connectivity index (χ0) is 43.8. The van der Waals surface area contributed by atoms with Crippen LogP contribution < -0.4 is 4.90 Å². The molecule has 1 heteroatoms. The monoisotopic (exact) mass is 839 g/mol. The third-order valence-corrected chi connectivity index (χ3v) is 15.8. The summed E-state index contributed by atoms with van der Waals surface area (Å²) in [7, 11) is 0. The normalized spacial score (nSPS) is 15.2. The summed E-state index contributed by atoms with van der Waals surface area (Å²) in [4.78, 5) is 2.52. The van der Waals surface area contributed by atoms with Crippen LogP contribution in [0.25, 0.3) is 44.5 Å². The van der Waals surface area contributed by atoms with Gasteiger partial charge in [-0.25, -0.2) is 0 Å². The van der Waals surface area contributed by atoms with Crippen LogP contribution in [0.2, 0.25) is 0 Å². The van der Waals surface area contributed by atoms with Gasteiger partial charge in [0, 0.05) is 22.5 Å². The zero-order valence-electron chi connectivity index (χ0n) is 37.0. The Balaban J connectivity index is 1.05. The van der Waals surface area contributed by atoms with Crippen molar-refractivity contribution in [1.29, 1.82) is 0 Å². The van der Waals surface area contributed by atoms with Gasteiger partial charge in [0.1, 0.15) is 0 Å². The van der Waals surface area contributed by atoms with Gasteiger partial charge in [0.2, 0.25) is 0 Å². The molecule has 0 bridgehead atoms. The molecule has 0 fully saturated rings. The lowest BCUT2D eigenvalue weighted by Crippen LogP contribution is -2.40. The average Bonchev–Trinajstić information content (AvgIpc) is 3.97. The van der Waals surface area contributed by atoms with Crippen LogP contribution in [0.5, 0.6) is 0 Å². The molecule has 0 aromatic heterocycles. The van der Waals surface area contributed by atoms with Gasteiger partial charge in [0.05, 0.1) is 10.8 Å². The van der Waals surface area contributed by atoms with Crippen LogP contribution in [-0.2, 0) is 16.2 Å². The van der Waals surface area contributed by atoms with Gasteiger partial charge in [-0.15, -0.1) is 0 Å². The molecule has 0 unspecified atom stereocenters. The lowest BCUT2D eigenvalue weighted by molar-refractivity contribution is 0.563. The number of anilines is 3. The Morgan fingerprint density at radius 1 is 0.242 bits per heavy atom. The van der Waals surface area contributed by atoms with E-state index in [0.717, 1.165) is 17.1 Å². The summed E-state index contributed by atoms with van der Waals surface area (Å²) in [6, 6.07) is 89.4. The highest BCUT2D eigenvalue weighted by Gasteiger charge is 2.54. The molecule has 0 heterocycles. The van der Waals surface area contributed by atoms with Crippen molar-refractivity contribution in [2.45, 2.75) is 30.1 Å². The number of rotatable bonds is 4. The SMILES string of the molecule is CC1(C)c2ccccc2C2(c3ccccc3-c3ccccc32)c2cc(N(c3ccc(-c4ccccc4)cc3)c3ccc4c(c3)C3(c5ccccc5-c5ccccc53)c3ccccc3-4)ccc21. The quantitative estimate of drug-likeness (QED) is 0.171. The third-order valence-electron chi connectivity index (χ3n) is 15.8. The molecule has 10 aromatic rings. The first kappa shape index (κ1) is 37.4. The van der Waals surface area contributed by atoms with Gasteiger partial charge in [-0.05, 0) is 137 Å². The molecule has 2 spiro atoms. The summed E-state index contributed by atoms with van der Waals surface area (Å²) in [5.74, 6) is 0. The second-order valence-corrected chi connectivity index (χ2v) is 19.1. The smallest absolute Gasteiger partial charge is 0.0726 e. The second kappa shape index (κ2) is 13.5. The number of hydrogen-bond acceptors (Lipinski definition) is 1. The van der Waals surface area contributed by atoms with Crippen molar-refractivity contribution >= 4 is 17.1 Å². The van der Waals surface area contributed by atoms with E-state index in [-0.39, 0.29) is 5.41 Å². The Bertz CT molecular complexity index is 3520. The molecule has 1 nitrogen and oxygen atoms in total. The van der Waals surface area contributed by atoms with E-state index >= 15 is 0 Å². The zero-order valence-corrected chi connectivity index (χ0v) is 37.0. The molecular formula is C65H45N. The molecule has 310 valence electrons. The van der Waals surface area contributed by atoms with Gasteiger partial charge in [-0.2, -0.15) is 0 Å². The molecule has 14 rings (SSSR count). The molecule has 0 N–H and O–H groups in total. The molecule has 4 aliphatic rings. The molecule has 0 aliphatic heterocycles. The molecule has 0 radical (unpaired) electrons. The predicted octanol–water partition coefficient (Wildman–Crippen LogP) is 16.2. The lowest BCUT2D eigenvalue weighted by atomic mass is 9.55. The van der Waals surface area contributed by atoms with Crippen LogP contribution >= 0.6 is 0 Å². The molecule has 4 aliphatic carbocycles. The first-order valence-electron chi connectivity index (χ1n) is 23.3. The van der Waals surface area contributed by atoms with Crippen molar-refractivity contribution in [3.63, 3.8) is 0 Å². The van der Waals surface area contributed by atoms with Gasteiger partial charge in [0.25, 0.3) is 0 Å². The standard InChI is InChI=1S/C65H45N/c1-63(2)58-30-16-17-31-60(58)65(56-28-14-8-22-49(56)50-23-9-15-29-57(50)65)62-41-46(37-39-59(62)63)66(44-34-32-43(33-35-44)42-18-4-3-5-19-42)45-36-38-52-51-24-10-13-27-55(51)64(61(52)40-45)53-25-11-6-20-47(53)48-21-7-12-26-54(48)64/h3-41H,1-2H3. The van der Waals surface area contributed by atoms with Crippen molar-refractivity contribution in [2.24, 2.45) is 0 Å². The van der Waals surface area contributed by atoms with E-state index in [1.807, 2.05) is 0 Å². The summed E-state index contributed by atoms with van der Waals surface area (Å²) >= 11 is 0. The van der Waals surface area contributed by atoms with E-state index in [9.17, 15) is 0 Å². The maximum Gasteiger partial charge on any atom is 0.0726 e. The number of nitrogens with zero attached hydrogens (tertiary/aromatic N) is 1. The Labute approximate surface area is 387 Å². The topological polar surface area (TPSA) is 3.24 Å². The van der Waals surface area contributed by atoms with Crippen LogP contribution in [0, 0.1) is 0 Å². The molecule has 0 amide bonds. The number of hydrogen-bond donors (Lipinski definition) is 0. The van der Waals surface area contributed by atoms with E-state index in [1.165, 1.54) is 100 Å². The largest absolute Gasteiger partial charge is 0.310 e. The van der Waals surface area contributed by atoms with Crippen LogP contribution in [0.4, 0.5) is 17.1 Å². The van der Waals surface area contributed by atoms with Gasteiger partial charge in [-0.1, -0.05) is 214 Å². The first-order valence-corrected chi connectivity index (χ1v) is 23.3. The maximum absolute atomic E-state index is 2.55. The first-order chi connectivity index (χ1) is 32.5. The van der Waals surface area contributed by atoms with E-state index in [0.29, 0.717) is 0 Å². The number of benzene rings is 10. The Kier molecular flexibility index (Phi) is 7.66. The highest BCUT2D eigenvalue weighted by Crippen LogP contribution is 2.65. The lowest BCUT2D eigenvalue weighted by Gasteiger charge is -2.47. The fraction of sp³-hybridized carbons (Fsp3) is 0.0769. The van der Waals surface area contributed by atoms with Crippen LogP contribution in [0.15, 0.2) is 237 Å². The second-order valence-electron chi connectivity index (χ2n) is 19.1. The van der Waals surface area contributed by atoms with Gasteiger partial charge >= 0.3 is 0 Å². The molecule has 66 heavy (non-hydrogen) atoms. The Hall–Kier alpha value is -8.00. The maximum atomic E-state index is 2.55. The summed E-state index contributed by atoms with van der Waals surface area (Å²) in [5.41, 5.74) is 26.0. The summed E-state index contributed by atoms with van der Waals surface area (Å²) in [5, 5.41) is 0. The van der Waals surface area contributed by atoms with Crippen molar-refractivity contribution in [3.8, 4) is 44.5 Å². The Morgan fingerprint density at radius 3 is 1.08 bits per heavy atom. The van der Waals surface area contributed by atoms with E-state index < -0.39 is 10.8 Å². The fourth-order valence-electron chi connectivity index (χ4n) is 13.1. The minimum absolute atomic E-state index is 0.237. The van der Waals surface area contributed by atoms with Crippen LogP contribution in [0.3, 0.4) is 0 Å². The van der Waals surface area contributed by atoms with Crippen molar-refractivity contribution in [3.05, 3.63) is 292 Å². The van der Waals surface area contributed by atoms with Crippen molar-refractivity contribution in [2.75, 3.05) is 4.90 Å². The van der Waals surface area contributed by atoms with E-state index in [1.54, 1.807) is 0 Å². The van der Waals surface area contributed by atoms with E-state index in [4.69, 9.17) is 0 Å². The number of fused-ring (bicyclic) bond motifs is 19. The van der Waals surface area contributed by atoms with Crippen LogP contribution in [0.1, 0.15) is 69.5 Å². The van der Waals surface area contributed by atoms with E-state index in [2.05, 4.69) is 255 Å². The minimum Gasteiger partial charge on any atom is -0.310 e. The van der Waals surface area contributed by atoms with Crippen molar-refractivity contribution < 1.29 is 0 Å². The molecular weight excluding hydrogens is 795 g/mol. The molecule has 0 saturated carbocycles. The van der Waals surface area contributed by atoms with Gasteiger partial charge in [0.15, 0.2) is 0 Å². The van der Waals surface area contributed by atoms with Gasteiger partial charge in [-0.3, -0.25) is 0 Å². The molecule has 0 atom stereocenters. The molecule has 10 aromatic carbocycles. The predicted molar refractivity (Wildman–Crippen MR) is 272 cm³/mol. The summed E-state index contributed by atoms with van der Waals surface area (Å²) < 4.78 is 0. The van der Waals surface area contributed by atoms with Gasteiger partial charge < -0.3 is 4.90 Å². The highest BCUT2D eigenvalue weighted by atomic mass is 15.1. The van der Waals surface area contributed by atoms with Crippen molar-refractivity contribution in [1.82, 2.24) is 0 Å². The summed E-state index contributed by atoms with van der Waals surface area (Å²) in [6.07, 6.45) is 0. The van der Waals surface area contributed by atoms with Crippen LogP contribution in [-0.4, -0.2) is 0 Å². The third kappa shape index (κ3) is 4.69. The fourth-order valence-corrected chi connectivity index (χ4v) is 13.1. The summed E-state index contributed by atoms with van der Waals surface area (Å²) in [6.45, 7) is 4.83.